The van der Waals surface area contributed by atoms with E-state index in [1.54, 1.807) is 0 Å². The second-order valence-corrected chi connectivity index (χ2v) is 5.90. The maximum atomic E-state index is 6.36. The molecule has 2 nitrogen and oxygen atoms in total. The third kappa shape index (κ3) is 4.32. The molecule has 0 fully saturated rings. The molecule has 0 aromatic carbocycles. The van der Waals surface area contributed by atoms with Crippen molar-refractivity contribution in [2.24, 2.45) is 0 Å². The van der Waals surface area contributed by atoms with Gasteiger partial charge >= 0.3 is 0 Å². The Morgan fingerprint density at radius 2 is 2.15 bits per heavy atom. The van der Waals surface area contributed by atoms with Gasteiger partial charge in [-0.2, -0.15) is 0 Å². The maximum Gasteiger partial charge on any atom is 0.0801 e. The van der Waals surface area contributed by atoms with E-state index in [-0.39, 0.29) is 6.04 Å². The van der Waals surface area contributed by atoms with Crippen molar-refractivity contribution in [3.05, 3.63) is 40.7 Å². The summed E-state index contributed by atoms with van der Waals surface area (Å²) in [4.78, 5) is 4.53. The average Bonchev–Trinajstić information content (AvgIpc) is 2.42. The minimum Gasteiger partial charge on any atom is -0.305 e. The highest BCUT2D eigenvalue weighted by molar-refractivity contribution is 6.31. The van der Waals surface area contributed by atoms with Crippen molar-refractivity contribution in [1.29, 1.82) is 0 Å². The van der Waals surface area contributed by atoms with Crippen molar-refractivity contribution in [2.45, 2.75) is 57.9 Å². The van der Waals surface area contributed by atoms with Gasteiger partial charge in [0, 0.05) is 6.20 Å². The quantitative estimate of drug-likeness (QED) is 0.768. The number of hydrogen-bond acceptors (Lipinski definition) is 2. The van der Waals surface area contributed by atoms with Gasteiger partial charge in [-0.05, 0) is 50.8 Å². The lowest BCUT2D eigenvalue weighted by atomic mass is 9.93. The van der Waals surface area contributed by atoms with Gasteiger partial charge in [0.15, 0.2) is 0 Å². The van der Waals surface area contributed by atoms with Crippen molar-refractivity contribution in [2.75, 3.05) is 6.54 Å². The number of aromatic nitrogens is 1. The monoisotopic (exact) mass is 292 g/mol. The lowest BCUT2D eigenvalue weighted by Gasteiger charge is -2.24. The van der Waals surface area contributed by atoms with E-state index in [0.717, 1.165) is 30.1 Å². The smallest absolute Gasteiger partial charge is 0.0801 e. The third-order valence-corrected chi connectivity index (χ3v) is 4.18. The molecule has 0 saturated carbocycles. The largest absolute Gasteiger partial charge is 0.305 e. The van der Waals surface area contributed by atoms with Gasteiger partial charge in [0.25, 0.3) is 0 Å². The molecule has 0 aliphatic heterocycles. The fourth-order valence-electron chi connectivity index (χ4n) is 2.78. The summed E-state index contributed by atoms with van der Waals surface area (Å²) in [6.07, 6.45) is 13.0. The predicted octanol–water partition coefficient (Wildman–Crippen LogP) is 5.06. The first-order valence-corrected chi connectivity index (χ1v) is 8.23. The van der Waals surface area contributed by atoms with Crippen LogP contribution in [0.2, 0.25) is 5.02 Å². The van der Waals surface area contributed by atoms with Gasteiger partial charge in [-0.3, -0.25) is 4.98 Å². The van der Waals surface area contributed by atoms with E-state index in [4.69, 9.17) is 11.6 Å². The molecule has 1 aromatic rings. The fraction of sp³-hybridized carbons (Fsp3) is 0.588. The Hall–Kier alpha value is -0.860. The molecule has 1 N–H and O–H groups in total. The van der Waals surface area contributed by atoms with Crippen molar-refractivity contribution < 1.29 is 0 Å². The molecule has 1 atom stereocenters. The number of hydrogen-bond donors (Lipinski definition) is 1. The summed E-state index contributed by atoms with van der Waals surface area (Å²) in [6.45, 7) is 3.19. The SMILES string of the molecule is CCCNC(/C1=C/CCCCCC1)c1ncccc1Cl. The Balaban J connectivity index is 2.24. The van der Waals surface area contributed by atoms with Crippen LogP contribution < -0.4 is 5.32 Å². The van der Waals surface area contributed by atoms with Crippen LogP contribution in [-0.2, 0) is 0 Å². The number of pyridine rings is 1. The normalized spacial score (nSPS) is 20.6. The zero-order valence-electron chi connectivity index (χ0n) is 12.4. The van der Waals surface area contributed by atoms with Crippen LogP contribution in [0.15, 0.2) is 30.0 Å². The Morgan fingerprint density at radius 3 is 2.95 bits per heavy atom. The zero-order valence-corrected chi connectivity index (χ0v) is 13.1. The predicted molar refractivity (Wildman–Crippen MR) is 86.1 cm³/mol. The molecule has 0 saturated heterocycles. The summed E-state index contributed by atoms with van der Waals surface area (Å²) in [5.74, 6) is 0. The molecule has 20 heavy (non-hydrogen) atoms. The summed E-state index contributed by atoms with van der Waals surface area (Å²) in [7, 11) is 0. The summed E-state index contributed by atoms with van der Waals surface area (Å²) < 4.78 is 0. The van der Waals surface area contributed by atoms with E-state index in [0.29, 0.717) is 0 Å². The number of allylic oxidation sites excluding steroid dienone is 1. The molecule has 0 amide bonds. The molecule has 1 aromatic heterocycles. The first-order valence-electron chi connectivity index (χ1n) is 7.85. The number of rotatable bonds is 5. The van der Waals surface area contributed by atoms with Gasteiger partial charge in [-0.1, -0.05) is 43.0 Å². The number of halogens is 1. The molecule has 0 radical (unpaired) electrons. The third-order valence-electron chi connectivity index (χ3n) is 3.86. The van der Waals surface area contributed by atoms with Crippen LogP contribution in [0.4, 0.5) is 0 Å². The molecule has 1 aliphatic rings. The highest BCUT2D eigenvalue weighted by Gasteiger charge is 2.20. The van der Waals surface area contributed by atoms with Crippen molar-refractivity contribution in [3.8, 4) is 0 Å². The van der Waals surface area contributed by atoms with Gasteiger partial charge in [0.2, 0.25) is 0 Å². The Morgan fingerprint density at radius 1 is 1.30 bits per heavy atom. The lowest BCUT2D eigenvalue weighted by molar-refractivity contribution is 0.533. The molecular weight excluding hydrogens is 268 g/mol. The summed E-state index contributed by atoms with van der Waals surface area (Å²) in [5, 5.41) is 4.40. The van der Waals surface area contributed by atoms with E-state index in [2.05, 4.69) is 23.3 Å². The summed E-state index contributed by atoms with van der Waals surface area (Å²) in [5.41, 5.74) is 2.45. The van der Waals surface area contributed by atoms with Crippen LogP contribution >= 0.6 is 11.6 Å². The average molecular weight is 293 g/mol. The van der Waals surface area contributed by atoms with E-state index in [9.17, 15) is 0 Å². The highest BCUT2D eigenvalue weighted by Crippen LogP contribution is 2.31. The van der Waals surface area contributed by atoms with Crippen LogP contribution in [0.25, 0.3) is 0 Å². The Bertz CT molecular complexity index is 442. The van der Waals surface area contributed by atoms with E-state index in [1.165, 1.54) is 37.7 Å². The van der Waals surface area contributed by atoms with Gasteiger partial charge in [-0.15, -0.1) is 0 Å². The molecule has 0 bridgehead atoms. The second kappa shape index (κ2) is 8.43. The van der Waals surface area contributed by atoms with Crippen LogP contribution in [0.1, 0.15) is 63.6 Å². The molecular formula is C17H25ClN2. The van der Waals surface area contributed by atoms with Crippen LogP contribution in [-0.4, -0.2) is 11.5 Å². The van der Waals surface area contributed by atoms with Gasteiger partial charge in [-0.25, -0.2) is 0 Å². The van der Waals surface area contributed by atoms with Crippen molar-refractivity contribution in [1.82, 2.24) is 10.3 Å². The van der Waals surface area contributed by atoms with Crippen LogP contribution in [0.3, 0.4) is 0 Å². The fourth-order valence-corrected chi connectivity index (χ4v) is 3.01. The Labute approximate surface area is 127 Å². The lowest BCUT2D eigenvalue weighted by Crippen LogP contribution is -2.25. The molecule has 1 aliphatic carbocycles. The minimum absolute atomic E-state index is 0.182. The molecule has 0 spiro atoms. The van der Waals surface area contributed by atoms with E-state index >= 15 is 0 Å². The van der Waals surface area contributed by atoms with Gasteiger partial charge in [0.05, 0.1) is 16.8 Å². The topological polar surface area (TPSA) is 24.9 Å². The summed E-state index contributed by atoms with van der Waals surface area (Å²) in [6, 6.07) is 4.02. The second-order valence-electron chi connectivity index (χ2n) is 5.49. The van der Waals surface area contributed by atoms with Gasteiger partial charge in [0.1, 0.15) is 0 Å². The van der Waals surface area contributed by atoms with Crippen LogP contribution in [0.5, 0.6) is 0 Å². The maximum absolute atomic E-state index is 6.36. The summed E-state index contributed by atoms with van der Waals surface area (Å²) >= 11 is 6.36. The number of nitrogens with zero attached hydrogens (tertiary/aromatic N) is 1. The van der Waals surface area contributed by atoms with Gasteiger partial charge < -0.3 is 5.32 Å². The molecule has 1 unspecified atom stereocenters. The first-order chi connectivity index (χ1) is 9.83. The molecule has 2 rings (SSSR count). The molecule has 3 heteroatoms. The standard InChI is InChI=1S/C17H25ClN2/c1-2-12-19-16(17-15(18)11-8-13-20-17)14-9-6-4-3-5-7-10-14/h8-9,11,13,16,19H,2-7,10,12H2,1H3/b14-9+. The first kappa shape index (κ1) is 15.5. The van der Waals surface area contributed by atoms with Crippen molar-refractivity contribution in [3.63, 3.8) is 0 Å². The zero-order chi connectivity index (χ0) is 14.2. The van der Waals surface area contributed by atoms with Crippen LogP contribution in [0, 0.1) is 0 Å². The molecule has 110 valence electrons. The Kier molecular flexibility index (Phi) is 6.55. The highest BCUT2D eigenvalue weighted by atomic mass is 35.5. The van der Waals surface area contributed by atoms with E-state index < -0.39 is 0 Å². The van der Waals surface area contributed by atoms with Crippen molar-refractivity contribution >= 4 is 11.6 Å². The van der Waals surface area contributed by atoms with E-state index in [1.807, 2.05) is 18.3 Å². The minimum atomic E-state index is 0.182. The number of nitrogens with one attached hydrogen (secondary N) is 1. The molecule has 1 heterocycles.